The molecule has 0 aliphatic heterocycles. The van der Waals surface area contributed by atoms with Gasteiger partial charge >= 0.3 is 0 Å². The largest absolute Gasteiger partial charge is 0.495 e. The summed E-state index contributed by atoms with van der Waals surface area (Å²) in [4.78, 5) is 12.1. The normalized spacial score (nSPS) is 10.4. The van der Waals surface area contributed by atoms with E-state index in [0.717, 1.165) is 0 Å². The maximum atomic E-state index is 13.7. The van der Waals surface area contributed by atoms with Gasteiger partial charge in [-0.3, -0.25) is 4.79 Å². The fourth-order valence-electron chi connectivity index (χ4n) is 2.06. The molecule has 0 saturated carbocycles. The first-order valence-electron chi connectivity index (χ1n) is 7.18. The molecule has 2 rings (SSSR count). The number of rotatable bonds is 7. The van der Waals surface area contributed by atoms with Crippen LogP contribution in [0.2, 0.25) is 10.0 Å². The molecule has 0 unspecified atom stereocenters. The number of hydrogen-bond acceptors (Lipinski definition) is 4. The molecule has 0 heterocycles. The van der Waals surface area contributed by atoms with Crippen molar-refractivity contribution in [2.24, 2.45) is 0 Å². The summed E-state index contributed by atoms with van der Waals surface area (Å²) in [5.41, 5.74) is 0.825. The molecule has 1 N–H and O–H groups in total. The van der Waals surface area contributed by atoms with E-state index in [0.29, 0.717) is 38.5 Å². The predicted molar refractivity (Wildman–Crippen MR) is 101 cm³/mol. The molecule has 0 radical (unpaired) electrons. The molecule has 0 atom stereocenters. The molecule has 8 heteroatoms. The first-order chi connectivity index (χ1) is 12.0. The van der Waals surface area contributed by atoms with E-state index in [-0.39, 0.29) is 17.5 Å². The van der Waals surface area contributed by atoms with E-state index in [2.05, 4.69) is 5.32 Å². The minimum absolute atomic E-state index is 0.124. The van der Waals surface area contributed by atoms with Gasteiger partial charge in [-0.05, 0) is 12.1 Å². The Bertz CT molecular complexity index is 754. The quantitative estimate of drug-likeness (QED) is 0.704. The second kappa shape index (κ2) is 9.17. The third kappa shape index (κ3) is 5.17. The fourth-order valence-corrected chi connectivity index (χ4v) is 3.46. The minimum Gasteiger partial charge on any atom is -0.495 e. The Labute approximate surface area is 159 Å². The molecule has 1 amide bonds. The average Bonchev–Trinajstić information content (AvgIpc) is 2.58. The molecular weight excluding hydrogens is 388 g/mol. The number of hydrogen-bond donors (Lipinski definition) is 1. The molecule has 0 aromatic heterocycles. The zero-order chi connectivity index (χ0) is 18.4. The van der Waals surface area contributed by atoms with Crippen LogP contribution in [0.3, 0.4) is 0 Å². The predicted octanol–water partition coefficient (Wildman–Crippen LogP) is 5.02. The van der Waals surface area contributed by atoms with Crippen molar-refractivity contribution < 1.29 is 18.7 Å². The van der Waals surface area contributed by atoms with E-state index in [4.69, 9.17) is 32.7 Å². The van der Waals surface area contributed by atoms with Gasteiger partial charge in [0, 0.05) is 28.5 Å². The van der Waals surface area contributed by atoms with Gasteiger partial charge in [0.2, 0.25) is 5.91 Å². The highest BCUT2D eigenvalue weighted by Crippen LogP contribution is 2.36. The summed E-state index contributed by atoms with van der Waals surface area (Å²) >= 11 is 13.2. The molecule has 0 bridgehead atoms. The van der Waals surface area contributed by atoms with Gasteiger partial charge in [-0.1, -0.05) is 29.3 Å². The zero-order valence-corrected chi connectivity index (χ0v) is 15.9. The molecule has 0 saturated heterocycles. The molecule has 2 aromatic rings. The number of carbonyl (C=O) groups excluding carboxylic acids is 1. The third-order valence-electron chi connectivity index (χ3n) is 3.29. The molecule has 0 spiro atoms. The van der Waals surface area contributed by atoms with Crippen LogP contribution in [-0.2, 0) is 10.5 Å². The third-order valence-corrected chi connectivity index (χ3v) is 4.90. The Morgan fingerprint density at radius 3 is 2.52 bits per heavy atom. The van der Waals surface area contributed by atoms with Gasteiger partial charge in [0.15, 0.2) is 0 Å². The van der Waals surface area contributed by atoms with Crippen molar-refractivity contribution in [3.05, 3.63) is 51.8 Å². The average molecular weight is 404 g/mol. The van der Waals surface area contributed by atoms with Gasteiger partial charge < -0.3 is 14.8 Å². The van der Waals surface area contributed by atoms with Crippen molar-refractivity contribution >= 4 is 46.6 Å². The van der Waals surface area contributed by atoms with Crippen LogP contribution in [-0.4, -0.2) is 25.9 Å². The van der Waals surface area contributed by atoms with Crippen molar-refractivity contribution in [2.45, 2.75) is 5.75 Å². The maximum absolute atomic E-state index is 13.7. The number of anilines is 1. The Kier molecular flexibility index (Phi) is 7.23. The SMILES string of the molecule is COc1cc(NC(=O)CSCc2c(F)cccc2Cl)c(OC)cc1Cl. The van der Waals surface area contributed by atoms with Gasteiger partial charge in [0.05, 0.1) is 30.7 Å². The smallest absolute Gasteiger partial charge is 0.234 e. The van der Waals surface area contributed by atoms with Crippen molar-refractivity contribution in [2.75, 3.05) is 25.3 Å². The highest BCUT2D eigenvalue weighted by molar-refractivity contribution is 7.99. The number of halogens is 3. The van der Waals surface area contributed by atoms with Crippen LogP contribution in [0.5, 0.6) is 11.5 Å². The topological polar surface area (TPSA) is 47.6 Å². The Morgan fingerprint density at radius 1 is 1.16 bits per heavy atom. The van der Waals surface area contributed by atoms with Gasteiger partial charge in [0.25, 0.3) is 0 Å². The van der Waals surface area contributed by atoms with Crippen LogP contribution in [0.1, 0.15) is 5.56 Å². The summed E-state index contributed by atoms with van der Waals surface area (Å²) in [5, 5.41) is 3.45. The number of nitrogens with one attached hydrogen (secondary N) is 1. The van der Waals surface area contributed by atoms with E-state index >= 15 is 0 Å². The van der Waals surface area contributed by atoms with Gasteiger partial charge in [-0.15, -0.1) is 11.8 Å². The van der Waals surface area contributed by atoms with Crippen LogP contribution < -0.4 is 14.8 Å². The zero-order valence-electron chi connectivity index (χ0n) is 13.6. The van der Waals surface area contributed by atoms with Crippen molar-refractivity contribution in [1.29, 1.82) is 0 Å². The lowest BCUT2D eigenvalue weighted by atomic mass is 10.2. The molecule has 2 aromatic carbocycles. The molecule has 4 nitrogen and oxygen atoms in total. The molecule has 134 valence electrons. The molecule has 0 aliphatic carbocycles. The Hall–Kier alpha value is -1.63. The summed E-state index contributed by atoms with van der Waals surface area (Å²) < 4.78 is 24.0. The summed E-state index contributed by atoms with van der Waals surface area (Å²) in [5.74, 6) is 0.605. The number of carbonyl (C=O) groups is 1. The monoisotopic (exact) mass is 403 g/mol. The van der Waals surface area contributed by atoms with Crippen LogP contribution >= 0.6 is 35.0 Å². The van der Waals surface area contributed by atoms with Crippen LogP contribution in [0.25, 0.3) is 0 Å². The molecule has 25 heavy (non-hydrogen) atoms. The molecule has 0 fully saturated rings. The van der Waals surface area contributed by atoms with Crippen LogP contribution in [0.4, 0.5) is 10.1 Å². The number of methoxy groups -OCH3 is 2. The summed E-state index contributed by atoms with van der Waals surface area (Å²) in [6.07, 6.45) is 0. The summed E-state index contributed by atoms with van der Waals surface area (Å²) in [7, 11) is 2.95. The lowest BCUT2D eigenvalue weighted by Crippen LogP contribution is -2.15. The Balaban J connectivity index is 1.99. The van der Waals surface area contributed by atoms with Crippen LogP contribution in [0, 0.1) is 5.82 Å². The number of amides is 1. The van der Waals surface area contributed by atoms with Crippen molar-refractivity contribution in [3.8, 4) is 11.5 Å². The minimum atomic E-state index is -0.385. The number of ether oxygens (including phenoxy) is 2. The fraction of sp³-hybridized carbons (Fsp3) is 0.235. The van der Waals surface area contributed by atoms with Crippen molar-refractivity contribution in [1.82, 2.24) is 0 Å². The van der Waals surface area contributed by atoms with E-state index < -0.39 is 0 Å². The maximum Gasteiger partial charge on any atom is 0.234 e. The van der Waals surface area contributed by atoms with Gasteiger partial charge in [0.1, 0.15) is 17.3 Å². The van der Waals surface area contributed by atoms with E-state index in [9.17, 15) is 9.18 Å². The van der Waals surface area contributed by atoms with Crippen LogP contribution in [0.15, 0.2) is 30.3 Å². The molecular formula is C17H16Cl2FNO3S. The first-order valence-corrected chi connectivity index (χ1v) is 9.09. The number of thioether (sulfide) groups is 1. The Morgan fingerprint density at radius 2 is 1.88 bits per heavy atom. The highest BCUT2D eigenvalue weighted by Gasteiger charge is 2.13. The van der Waals surface area contributed by atoms with Gasteiger partial charge in [-0.25, -0.2) is 4.39 Å². The second-order valence-corrected chi connectivity index (χ2v) is 6.73. The lowest BCUT2D eigenvalue weighted by molar-refractivity contribution is -0.113. The first kappa shape index (κ1) is 19.7. The molecule has 0 aliphatic rings. The lowest BCUT2D eigenvalue weighted by Gasteiger charge is -2.13. The van der Waals surface area contributed by atoms with E-state index in [1.165, 1.54) is 32.0 Å². The number of benzene rings is 2. The standard InChI is InChI=1S/C17H16Cl2FNO3S/c1-23-15-7-14(16(24-2)6-12(15)19)21-17(22)9-25-8-10-11(18)4-3-5-13(10)20/h3-7H,8-9H2,1-2H3,(H,21,22). The highest BCUT2D eigenvalue weighted by atomic mass is 35.5. The second-order valence-electron chi connectivity index (χ2n) is 4.93. The van der Waals surface area contributed by atoms with Crippen molar-refractivity contribution in [3.63, 3.8) is 0 Å². The van der Waals surface area contributed by atoms with E-state index in [1.807, 2.05) is 0 Å². The van der Waals surface area contributed by atoms with Gasteiger partial charge in [-0.2, -0.15) is 0 Å². The summed E-state index contributed by atoms with van der Waals surface area (Å²) in [6, 6.07) is 7.64. The summed E-state index contributed by atoms with van der Waals surface area (Å²) in [6.45, 7) is 0. The van der Waals surface area contributed by atoms with E-state index in [1.54, 1.807) is 24.3 Å².